The fourth-order valence-electron chi connectivity index (χ4n) is 4.41. The van der Waals surface area contributed by atoms with Gasteiger partial charge in [-0.25, -0.2) is 0 Å². The minimum absolute atomic E-state index is 0.0701. The molecule has 34 heavy (non-hydrogen) atoms. The maximum absolute atomic E-state index is 12.3. The van der Waals surface area contributed by atoms with Crippen molar-refractivity contribution in [2.75, 3.05) is 41.0 Å². The molecule has 3 heterocycles. The normalized spacial score (nSPS) is 16.7. The third-order valence-corrected chi connectivity index (χ3v) is 6.00. The molecule has 0 radical (unpaired) electrons. The third kappa shape index (κ3) is 4.01. The zero-order chi connectivity index (χ0) is 23.7. The van der Waals surface area contributed by atoms with Gasteiger partial charge in [0.05, 0.1) is 12.7 Å². The lowest BCUT2D eigenvalue weighted by Crippen LogP contribution is -2.40. The molecule has 5 rings (SSSR count). The van der Waals surface area contributed by atoms with Gasteiger partial charge in [0, 0.05) is 18.8 Å². The highest BCUT2D eigenvalue weighted by Gasteiger charge is 2.39. The quantitative estimate of drug-likeness (QED) is 0.577. The number of carbonyl (C=O) groups excluding carboxylic acids is 1. The van der Waals surface area contributed by atoms with Crippen LogP contribution in [0.5, 0.6) is 11.5 Å². The molecule has 0 aliphatic carbocycles. The Morgan fingerprint density at radius 3 is 2.53 bits per heavy atom. The molecule has 9 nitrogen and oxygen atoms in total. The van der Waals surface area contributed by atoms with E-state index in [1.165, 1.54) is 0 Å². The Balaban J connectivity index is 1.41. The standard InChI is InChI=1S/C25H25N7O2/c1-2-6-21(33)30-14-13-18(15-30)32-16-31(22-23(26)28-25(27)29-24(22)32)17-9-11-20(12-10-17)34-19-7-4-3-5-8-19/h3-5,7-12,18H,13-16H2,1H3,(H4,26,27,28,29)/t18-/m0/s1. The van der Waals surface area contributed by atoms with E-state index in [-0.39, 0.29) is 17.9 Å². The van der Waals surface area contributed by atoms with Gasteiger partial charge in [0.2, 0.25) is 5.95 Å². The predicted octanol–water partition coefficient (Wildman–Crippen LogP) is 2.97. The van der Waals surface area contributed by atoms with E-state index in [9.17, 15) is 4.79 Å². The van der Waals surface area contributed by atoms with Crippen LogP contribution in [0.3, 0.4) is 0 Å². The molecule has 1 aromatic heterocycles. The van der Waals surface area contributed by atoms with Crippen molar-refractivity contribution in [3.8, 4) is 23.3 Å². The number of amides is 1. The number of hydrogen-bond acceptors (Lipinski definition) is 8. The van der Waals surface area contributed by atoms with Gasteiger partial charge < -0.3 is 30.9 Å². The second-order valence-electron chi connectivity index (χ2n) is 8.16. The summed E-state index contributed by atoms with van der Waals surface area (Å²) in [5, 5.41) is 0. The van der Waals surface area contributed by atoms with Crippen molar-refractivity contribution in [1.29, 1.82) is 0 Å². The van der Waals surface area contributed by atoms with E-state index in [1.807, 2.05) is 54.6 Å². The van der Waals surface area contributed by atoms with E-state index >= 15 is 0 Å². The van der Waals surface area contributed by atoms with Crippen molar-refractivity contribution in [3.05, 3.63) is 54.6 Å². The minimum atomic E-state index is -0.156. The number of nitrogens with zero attached hydrogens (tertiary/aromatic N) is 5. The zero-order valence-corrected chi connectivity index (χ0v) is 18.8. The van der Waals surface area contributed by atoms with Crippen LogP contribution in [0, 0.1) is 11.8 Å². The van der Waals surface area contributed by atoms with E-state index in [2.05, 4.69) is 31.6 Å². The van der Waals surface area contributed by atoms with Crippen molar-refractivity contribution >= 4 is 34.9 Å². The van der Waals surface area contributed by atoms with Crippen LogP contribution < -0.4 is 26.0 Å². The van der Waals surface area contributed by atoms with Gasteiger partial charge in [-0.3, -0.25) is 4.79 Å². The van der Waals surface area contributed by atoms with Crippen LogP contribution in [0.1, 0.15) is 13.3 Å². The molecule has 172 valence electrons. The highest BCUT2D eigenvalue weighted by atomic mass is 16.5. The molecule has 0 saturated carbocycles. The van der Waals surface area contributed by atoms with Gasteiger partial charge in [-0.15, -0.1) is 0 Å². The molecule has 0 spiro atoms. The van der Waals surface area contributed by atoms with Crippen LogP contribution in [0.4, 0.5) is 29.0 Å². The number of nitrogen functional groups attached to an aromatic ring is 2. The van der Waals surface area contributed by atoms with Crippen LogP contribution in [0.15, 0.2) is 54.6 Å². The first-order chi connectivity index (χ1) is 16.5. The van der Waals surface area contributed by atoms with Crippen molar-refractivity contribution in [2.24, 2.45) is 0 Å². The molecule has 1 fully saturated rings. The Morgan fingerprint density at radius 2 is 1.79 bits per heavy atom. The molecule has 3 aromatic rings. The molecule has 9 heteroatoms. The largest absolute Gasteiger partial charge is 0.457 e. The summed E-state index contributed by atoms with van der Waals surface area (Å²) in [6, 6.07) is 17.5. The van der Waals surface area contributed by atoms with Gasteiger partial charge >= 0.3 is 0 Å². The molecule has 0 unspecified atom stereocenters. The second kappa shape index (κ2) is 8.83. The van der Waals surface area contributed by atoms with Gasteiger partial charge in [-0.1, -0.05) is 24.1 Å². The molecule has 1 atom stereocenters. The number of anilines is 5. The van der Waals surface area contributed by atoms with Gasteiger partial charge in [0.25, 0.3) is 5.91 Å². The first-order valence-electron chi connectivity index (χ1n) is 11.1. The van der Waals surface area contributed by atoms with Crippen molar-refractivity contribution in [2.45, 2.75) is 19.4 Å². The lowest BCUT2D eigenvalue weighted by Gasteiger charge is -2.26. The summed E-state index contributed by atoms with van der Waals surface area (Å²) in [5.74, 6) is 7.77. The van der Waals surface area contributed by atoms with Crippen LogP contribution in [-0.4, -0.2) is 46.6 Å². The summed E-state index contributed by atoms with van der Waals surface area (Å²) in [7, 11) is 0. The molecule has 0 bridgehead atoms. The predicted molar refractivity (Wildman–Crippen MR) is 132 cm³/mol. The first-order valence-corrected chi connectivity index (χ1v) is 11.1. The zero-order valence-electron chi connectivity index (χ0n) is 18.8. The average Bonchev–Trinajstić information content (AvgIpc) is 3.46. The van der Waals surface area contributed by atoms with Crippen LogP contribution in [-0.2, 0) is 4.79 Å². The van der Waals surface area contributed by atoms with E-state index in [1.54, 1.807) is 11.8 Å². The number of ether oxygens (including phenoxy) is 1. The van der Waals surface area contributed by atoms with Crippen LogP contribution in [0.2, 0.25) is 0 Å². The summed E-state index contributed by atoms with van der Waals surface area (Å²) in [6.07, 6.45) is 0.804. The second-order valence-corrected chi connectivity index (χ2v) is 8.16. The number of para-hydroxylation sites is 1. The number of likely N-dealkylation sites (tertiary alicyclic amines) is 1. The topological polar surface area (TPSA) is 114 Å². The Labute approximate surface area is 197 Å². The van der Waals surface area contributed by atoms with Gasteiger partial charge in [0.15, 0.2) is 11.6 Å². The monoisotopic (exact) mass is 455 g/mol. The lowest BCUT2D eigenvalue weighted by atomic mass is 10.2. The fourth-order valence-corrected chi connectivity index (χ4v) is 4.41. The van der Waals surface area contributed by atoms with E-state index in [0.717, 1.165) is 23.6 Å². The maximum atomic E-state index is 12.3. The van der Waals surface area contributed by atoms with Gasteiger partial charge in [0.1, 0.15) is 17.2 Å². The Bertz CT molecular complexity index is 1270. The first kappa shape index (κ1) is 21.4. The third-order valence-electron chi connectivity index (χ3n) is 6.00. The molecular formula is C25H25N7O2. The highest BCUT2D eigenvalue weighted by molar-refractivity contribution is 5.94. The SMILES string of the molecule is CC#CC(=O)N1CC[C@H](N2CN(c3ccc(Oc4ccccc4)cc3)c3c(N)nc(N)nc32)C1. The molecule has 2 aliphatic rings. The fraction of sp³-hybridized carbons (Fsp3) is 0.240. The molecular weight excluding hydrogens is 430 g/mol. The van der Waals surface area contributed by atoms with Crippen molar-refractivity contribution in [1.82, 2.24) is 14.9 Å². The number of fused-ring (bicyclic) bond motifs is 1. The average molecular weight is 456 g/mol. The van der Waals surface area contributed by atoms with Gasteiger partial charge in [-0.2, -0.15) is 9.97 Å². The van der Waals surface area contributed by atoms with E-state index < -0.39 is 0 Å². The van der Waals surface area contributed by atoms with Crippen molar-refractivity contribution < 1.29 is 9.53 Å². The van der Waals surface area contributed by atoms with Crippen LogP contribution in [0.25, 0.3) is 0 Å². The molecule has 1 saturated heterocycles. The Kier molecular flexibility index (Phi) is 5.55. The number of nitrogens with two attached hydrogens (primary N) is 2. The van der Waals surface area contributed by atoms with Gasteiger partial charge in [-0.05, 0) is 55.7 Å². The van der Waals surface area contributed by atoms with Crippen LogP contribution >= 0.6 is 0 Å². The smallest absolute Gasteiger partial charge is 0.298 e. The number of rotatable bonds is 4. The summed E-state index contributed by atoms with van der Waals surface area (Å²) in [6.45, 7) is 3.39. The van der Waals surface area contributed by atoms with Crippen molar-refractivity contribution in [3.63, 3.8) is 0 Å². The minimum Gasteiger partial charge on any atom is -0.457 e. The number of carbonyl (C=O) groups is 1. The molecule has 1 amide bonds. The lowest BCUT2D eigenvalue weighted by molar-refractivity contribution is -0.124. The summed E-state index contributed by atoms with van der Waals surface area (Å²) < 4.78 is 5.92. The summed E-state index contributed by atoms with van der Waals surface area (Å²) in [5.41, 5.74) is 13.9. The number of hydrogen-bond donors (Lipinski definition) is 2. The Hall–Kier alpha value is -4.45. The number of benzene rings is 2. The summed E-state index contributed by atoms with van der Waals surface area (Å²) in [4.78, 5) is 26.9. The molecule has 2 aromatic carbocycles. The summed E-state index contributed by atoms with van der Waals surface area (Å²) >= 11 is 0. The molecule has 4 N–H and O–H groups in total. The molecule has 2 aliphatic heterocycles. The van der Waals surface area contributed by atoms with E-state index in [0.29, 0.717) is 37.1 Å². The number of aromatic nitrogens is 2. The highest BCUT2D eigenvalue weighted by Crippen LogP contribution is 2.45. The van der Waals surface area contributed by atoms with E-state index in [4.69, 9.17) is 16.2 Å². The maximum Gasteiger partial charge on any atom is 0.298 e. The Morgan fingerprint density at radius 1 is 1.06 bits per heavy atom.